The first kappa shape index (κ1) is 20.5. The Kier molecular flexibility index (Phi) is 6.09. The molecule has 0 atom stereocenters. The number of fused-ring (bicyclic) bond motifs is 1. The van der Waals surface area contributed by atoms with Crippen LogP contribution in [-0.4, -0.2) is 34.8 Å². The summed E-state index contributed by atoms with van der Waals surface area (Å²) in [5.41, 5.74) is 8.31. The van der Waals surface area contributed by atoms with Gasteiger partial charge in [0, 0.05) is 36.3 Å². The number of ether oxygens (including phenoxy) is 2. The molecule has 1 aliphatic heterocycles. The molecular weight excluding hydrogens is 374 g/mol. The molecule has 5 nitrogen and oxygen atoms in total. The fourth-order valence-electron chi connectivity index (χ4n) is 4.01. The van der Waals surface area contributed by atoms with Crippen LogP contribution < -0.4 is 9.47 Å². The lowest BCUT2D eigenvalue weighted by Crippen LogP contribution is -2.30. The summed E-state index contributed by atoms with van der Waals surface area (Å²) in [5, 5.41) is 7.88. The third-order valence-corrected chi connectivity index (χ3v) is 5.86. The number of hydrogen-bond acceptors (Lipinski definition) is 4. The molecule has 0 saturated carbocycles. The quantitative estimate of drug-likeness (QED) is 0.598. The standard InChI is InChI=1S/C25H31N3O2/c1-5-28-12-11-22-21(15-28)25(27-26-22)19-9-10-23(24(14-19)29-6-2)30-16-20-13-17(3)7-8-18(20)4/h7-10,13-14H,5-6,11-12,15-16H2,1-4H3,(H,26,27). The van der Waals surface area contributed by atoms with Gasteiger partial charge in [-0.2, -0.15) is 5.10 Å². The van der Waals surface area contributed by atoms with E-state index in [2.05, 4.69) is 66.2 Å². The summed E-state index contributed by atoms with van der Waals surface area (Å²) in [4.78, 5) is 2.45. The van der Waals surface area contributed by atoms with Crippen LogP contribution in [0.1, 0.15) is 41.8 Å². The second-order valence-corrected chi connectivity index (χ2v) is 7.96. The van der Waals surface area contributed by atoms with Crippen LogP contribution in [0, 0.1) is 13.8 Å². The Balaban J connectivity index is 1.60. The Labute approximate surface area is 179 Å². The number of rotatable bonds is 7. The third-order valence-electron chi connectivity index (χ3n) is 5.86. The van der Waals surface area contributed by atoms with Crippen molar-refractivity contribution in [2.45, 2.75) is 47.3 Å². The normalized spacial score (nSPS) is 13.9. The van der Waals surface area contributed by atoms with Gasteiger partial charge in [-0.1, -0.05) is 30.7 Å². The van der Waals surface area contributed by atoms with Gasteiger partial charge >= 0.3 is 0 Å². The zero-order valence-corrected chi connectivity index (χ0v) is 18.4. The predicted molar refractivity (Wildman–Crippen MR) is 120 cm³/mol. The smallest absolute Gasteiger partial charge is 0.161 e. The molecule has 30 heavy (non-hydrogen) atoms. The van der Waals surface area contributed by atoms with Crippen molar-refractivity contribution in [2.75, 3.05) is 19.7 Å². The van der Waals surface area contributed by atoms with Crippen LogP contribution in [0.5, 0.6) is 11.5 Å². The van der Waals surface area contributed by atoms with Gasteiger partial charge in [0.2, 0.25) is 0 Å². The van der Waals surface area contributed by atoms with E-state index in [9.17, 15) is 0 Å². The summed E-state index contributed by atoms with van der Waals surface area (Å²) in [6, 6.07) is 12.6. The van der Waals surface area contributed by atoms with Gasteiger partial charge in [0.1, 0.15) is 6.61 Å². The zero-order valence-electron chi connectivity index (χ0n) is 18.4. The van der Waals surface area contributed by atoms with Gasteiger partial charge in [-0.15, -0.1) is 0 Å². The van der Waals surface area contributed by atoms with Crippen molar-refractivity contribution in [3.05, 3.63) is 64.3 Å². The molecule has 5 heteroatoms. The molecule has 0 bridgehead atoms. The van der Waals surface area contributed by atoms with E-state index in [0.717, 1.165) is 48.8 Å². The molecule has 2 aromatic carbocycles. The first-order valence-electron chi connectivity index (χ1n) is 10.8. The van der Waals surface area contributed by atoms with E-state index in [1.807, 2.05) is 13.0 Å². The van der Waals surface area contributed by atoms with E-state index in [-0.39, 0.29) is 0 Å². The highest BCUT2D eigenvalue weighted by Crippen LogP contribution is 2.35. The van der Waals surface area contributed by atoms with Crippen molar-refractivity contribution in [3.63, 3.8) is 0 Å². The van der Waals surface area contributed by atoms with E-state index in [1.54, 1.807) is 0 Å². The van der Waals surface area contributed by atoms with Gasteiger partial charge in [0.05, 0.1) is 12.3 Å². The molecule has 0 amide bonds. The van der Waals surface area contributed by atoms with E-state index < -0.39 is 0 Å². The maximum Gasteiger partial charge on any atom is 0.161 e. The number of likely N-dealkylation sites (N-methyl/N-ethyl adjacent to an activating group) is 1. The lowest BCUT2D eigenvalue weighted by molar-refractivity contribution is 0.267. The molecular formula is C25H31N3O2. The number of hydrogen-bond donors (Lipinski definition) is 1. The fourth-order valence-corrected chi connectivity index (χ4v) is 4.01. The second-order valence-electron chi connectivity index (χ2n) is 7.96. The van der Waals surface area contributed by atoms with Crippen molar-refractivity contribution in [1.29, 1.82) is 0 Å². The van der Waals surface area contributed by atoms with E-state index in [0.29, 0.717) is 13.2 Å². The van der Waals surface area contributed by atoms with E-state index >= 15 is 0 Å². The Morgan fingerprint density at radius 2 is 1.90 bits per heavy atom. The molecule has 1 N–H and O–H groups in total. The Morgan fingerprint density at radius 3 is 2.70 bits per heavy atom. The van der Waals surface area contributed by atoms with Gasteiger partial charge in [-0.05, 0) is 56.6 Å². The van der Waals surface area contributed by atoms with Crippen LogP contribution in [-0.2, 0) is 19.6 Å². The summed E-state index contributed by atoms with van der Waals surface area (Å²) in [6.45, 7) is 12.6. The average Bonchev–Trinajstić information content (AvgIpc) is 3.18. The van der Waals surface area contributed by atoms with Crippen LogP contribution in [0.2, 0.25) is 0 Å². The maximum atomic E-state index is 6.17. The van der Waals surface area contributed by atoms with Gasteiger partial charge in [0.25, 0.3) is 0 Å². The summed E-state index contributed by atoms with van der Waals surface area (Å²) >= 11 is 0. The molecule has 158 valence electrons. The molecule has 4 rings (SSSR count). The summed E-state index contributed by atoms with van der Waals surface area (Å²) in [7, 11) is 0. The van der Waals surface area contributed by atoms with Gasteiger partial charge in [0.15, 0.2) is 11.5 Å². The number of aromatic amines is 1. The molecule has 1 aliphatic rings. The average molecular weight is 406 g/mol. The minimum absolute atomic E-state index is 0.524. The highest BCUT2D eigenvalue weighted by molar-refractivity contribution is 5.68. The number of aryl methyl sites for hydroxylation is 2. The van der Waals surface area contributed by atoms with Crippen molar-refractivity contribution < 1.29 is 9.47 Å². The van der Waals surface area contributed by atoms with Gasteiger partial charge in [-0.3, -0.25) is 10.00 Å². The second kappa shape index (κ2) is 8.92. The first-order valence-corrected chi connectivity index (χ1v) is 10.8. The molecule has 0 fully saturated rings. The molecule has 0 radical (unpaired) electrons. The number of nitrogens with zero attached hydrogens (tertiary/aromatic N) is 2. The summed E-state index contributed by atoms with van der Waals surface area (Å²) < 4.78 is 12.1. The van der Waals surface area contributed by atoms with Crippen molar-refractivity contribution in [3.8, 4) is 22.8 Å². The molecule has 0 saturated heterocycles. The van der Waals surface area contributed by atoms with Crippen LogP contribution >= 0.6 is 0 Å². The minimum atomic E-state index is 0.524. The monoisotopic (exact) mass is 405 g/mol. The van der Waals surface area contributed by atoms with Crippen LogP contribution in [0.25, 0.3) is 11.3 Å². The number of H-pyrrole nitrogens is 1. The highest BCUT2D eigenvalue weighted by Gasteiger charge is 2.22. The molecule has 0 unspecified atom stereocenters. The Bertz CT molecular complexity index is 1030. The topological polar surface area (TPSA) is 50.4 Å². The largest absolute Gasteiger partial charge is 0.490 e. The Morgan fingerprint density at radius 1 is 1.03 bits per heavy atom. The third kappa shape index (κ3) is 4.21. The number of nitrogens with one attached hydrogen (secondary N) is 1. The van der Waals surface area contributed by atoms with Crippen molar-refractivity contribution in [2.24, 2.45) is 0 Å². The van der Waals surface area contributed by atoms with Crippen LogP contribution in [0.4, 0.5) is 0 Å². The first-order chi connectivity index (χ1) is 14.6. The highest BCUT2D eigenvalue weighted by atomic mass is 16.5. The van der Waals surface area contributed by atoms with Crippen molar-refractivity contribution in [1.82, 2.24) is 15.1 Å². The predicted octanol–water partition coefficient (Wildman–Crippen LogP) is 5.05. The lowest BCUT2D eigenvalue weighted by Gasteiger charge is -2.25. The molecule has 2 heterocycles. The van der Waals surface area contributed by atoms with Crippen LogP contribution in [0.15, 0.2) is 36.4 Å². The van der Waals surface area contributed by atoms with Gasteiger partial charge in [-0.25, -0.2) is 0 Å². The summed E-state index contributed by atoms with van der Waals surface area (Å²) in [5.74, 6) is 1.53. The molecule has 3 aromatic rings. The lowest BCUT2D eigenvalue weighted by atomic mass is 10.0. The Hall–Kier alpha value is -2.79. The van der Waals surface area contributed by atoms with Crippen LogP contribution in [0.3, 0.4) is 0 Å². The zero-order chi connectivity index (χ0) is 21.1. The maximum absolute atomic E-state index is 6.17. The SMILES string of the molecule is CCOc1cc(-c2n[nH]c3c2CN(CC)CC3)ccc1OCc1cc(C)ccc1C. The van der Waals surface area contributed by atoms with Crippen molar-refractivity contribution >= 4 is 0 Å². The minimum Gasteiger partial charge on any atom is -0.490 e. The van der Waals surface area contributed by atoms with E-state index in [4.69, 9.17) is 9.47 Å². The molecule has 0 aliphatic carbocycles. The molecule has 1 aromatic heterocycles. The van der Waals surface area contributed by atoms with E-state index in [1.165, 1.54) is 27.9 Å². The summed E-state index contributed by atoms with van der Waals surface area (Å²) in [6.07, 6.45) is 1.02. The van der Waals surface area contributed by atoms with Gasteiger partial charge < -0.3 is 9.47 Å². The molecule has 0 spiro atoms. The number of benzene rings is 2. The number of aromatic nitrogens is 2. The fraction of sp³-hybridized carbons (Fsp3) is 0.400.